The Kier molecular flexibility index (Phi) is 5.46. The van der Waals surface area contributed by atoms with Crippen molar-refractivity contribution in [2.45, 2.75) is 6.42 Å². The minimum Gasteiger partial charge on any atom is -0.354 e. The molecule has 0 radical (unpaired) electrons. The molecule has 0 spiro atoms. The lowest BCUT2D eigenvalue weighted by molar-refractivity contribution is 0.882. The molecule has 0 amide bonds. The third-order valence-electron chi connectivity index (χ3n) is 2.16. The second-order valence-electron chi connectivity index (χ2n) is 3.66. The molecule has 0 saturated carbocycles. The van der Waals surface area contributed by atoms with E-state index in [1.54, 1.807) is 24.8 Å². The zero-order chi connectivity index (χ0) is 13.5. The first kappa shape index (κ1) is 14.1. The Morgan fingerprint density at radius 1 is 0.737 bits per heavy atom. The molecule has 8 heteroatoms. The highest BCUT2D eigenvalue weighted by atomic mass is 79.9. The Morgan fingerprint density at radius 3 is 1.47 bits per heavy atom. The smallest absolute Gasteiger partial charge is 0.222 e. The average Bonchev–Trinajstić information content (AvgIpc) is 2.43. The quantitative estimate of drug-likeness (QED) is 0.742. The summed E-state index contributed by atoms with van der Waals surface area (Å²) in [4.78, 5) is 16.5. The van der Waals surface area contributed by atoms with Crippen LogP contribution in [0.4, 0.5) is 11.9 Å². The highest BCUT2D eigenvalue weighted by Crippen LogP contribution is 2.07. The topological polar surface area (TPSA) is 75.6 Å². The maximum Gasteiger partial charge on any atom is 0.222 e. The van der Waals surface area contributed by atoms with E-state index in [1.165, 1.54) is 0 Å². The molecular formula is C11H12Br2N6. The predicted molar refractivity (Wildman–Crippen MR) is 81.1 cm³/mol. The van der Waals surface area contributed by atoms with Gasteiger partial charge < -0.3 is 10.6 Å². The van der Waals surface area contributed by atoms with Gasteiger partial charge in [-0.1, -0.05) is 0 Å². The van der Waals surface area contributed by atoms with Crippen LogP contribution in [0.25, 0.3) is 0 Å². The Hall–Kier alpha value is -1.28. The Labute approximate surface area is 127 Å². The largest absolute Gasteiger partial charge is 0.354 e. The summed E-state index contributed by atoms with van der Waals surface area (Å²) in [6.45, 7) is 1.57. The Morgan fingerprint density at radius 2 is 1.11 bits per heavy atom. The molecule has 0 bridgehead atoms. The van der Waals surface area contributed by atoms with E-state index < -0.39 is 0 Å². The van der Waals surface area contributed by atoms with E-state index in [2.05, 4.69) is 62.4 Å². The molecular weight excluding hydrogens is 376 g/mol. The molecule has 2 aromatic rings. The number of anilines is 2. The number of rotatable bonds is 6. The van der Waals surface area contributed by atoms with Crippen molar-refractivity contribution in [3.8, 4) is 0 Å². The SMILES string of the molecule is Brc1cnc(NCCCNc2ncc(Br)cn2)nc1. The highest BCUT2D eigenvalue weighted by Gasteiger charge is 1.97. The fourth-order valence-corrected chi connectivity index (χ4v) is 1.71. The normalized spacial score (nSPS) is 10.2. The van der Waals surface area contributed by atoms with Gasteiger partial charge in [-0.2, -0.15) is 0 Å². The fourth-order valence-electron chi connectivity index (χ4n) is 1.30. The summed E-state index contributed by atoms with van der Waals surface area (Å²) in [6.07, 6.45) is 7.76. The van der Waals surface area contributed by atoms with Crippen LogP contribution in [-0.4, -0.2) is 33.0 Å². The van der Waals surface area contributed by atoms with Crippen LogP contribution < -0.4 is 10.6 Å². The van der Waals surface area contributed by atoms with E-state index >= 15 is 0 Å². The van der Waals surface area contributed by atoms with Gasteiger partial charge in [-0.25, -0.2) is 19.9 Å². The number of nitrogens with one attached hydrogen (secondary N) is 2. The second-order valence-corrected chi connectivity index (χ2v) is 5.49. The molecule has 100 valence electrons. The van der Waals surface area contributed by atoms with Crippen LogP contribution in [0.1, 0.15) is 6.42 Å². The van der Waals surface area contributed by atoms with E-state index in [4.69, 9.17) is 0 Å². The van der Waals surface area contributed by atoms with Gasteiger partial charge in [0.25, 0.3) is 0 Å². The number of halogens is 2. The van der Waals surface area contributed by atoms with E-state index in [-0.39, 0.29) is 0 Å². The molecule has 0 saturated heterocycles. The number of nitrogens with zero attached hydrogens (tertiary/aromatic N) is 4. The molecule has 0 atom stereocenters. The van der Waals surface area contributed by atoms with Gasteiger partial charge >= 0.3 is 0 Å². The van der Waals surface area contributed by atoms with Gasteiger partial charge in [0.15, 0.2) is 0 Å². The van der Waals surface area contributed by atoms with Crippen LogP contribution >= 0.6 is 31.9 Å². The molecule has 0 fully saturated rings. The van der Waals surface area contributed by atoms with Crippen molar-refractivity contribution in [2.24, 2.45) is 0 Å². The van der Waals surface area contributed by atoms with Crippen LogP contribution in [0, 0.1) is 0 Å². The van der Waals surface area contributed by atoms with Gasteiger partial charge in [-0.15, -0.1) is 0 Å². The summed E-state index contributed by atoms with van der Waals surface area (Å²) in [5, 5.41) is 6.27. The van der Waals surface area contributed by atoms with Crippen molar-refractivity contribution < 1.29 is 0 Å². The zero-order valence-corrected chi connectivity index (χ0v) is 13.1. The predicted octanol–water partition coefficient (Wildman–Crippen LogP) is 2.71. The van der Waals surface area contributed by atoms with Gasteiger partial charge in [0.05, 0.1) is 8.95 Å². The third kappa shape index (κ3) is 5.07. The lowest BCUT2D eigenvalue weighted by Gasteiger charge is -2.06. The molecule has 19 heavy (non-hydrogen) atoms. The number of hydrogen-bond acceptors (Lipinski definition) is 6. The second kappa shape index (κ2) is 7.34. The molecule has 0 aliphatic rings. The zero-order valence-electron chi connectivity index (χ0n) is 9.98. The monoisotopic (exact) mass is 386 g/mol. The first-order valence-electron chi connectivity index (χ1n) is 5.67. The molecule has 2 aromatic heterocycles. The van der Waals surface area contributed by atoms with Crippen LogP contribution in [0.2, 0.25) is 0 Å². The molecule has 0 aliphatic carbocycles. The summed E-state index contributed by atoms with van der Waals surface area (Å²) < 4.78 is 1.74. The van der Waals surface area contributed by atoms with Gasteiger partial charge in [-0.3, -0.25) is 0 Å². The van der Waals surface area contributed by atoms with Gasteiger partial charge in [0.1, 0.15) is 0 Å². The Bertz CT molecular complexity index is 454. The number of hydrogen-bond donors (Lipinski definition) is 2. The lowest BCUT2D eigenvalue weighted by Crippen LogP contribution is -2.11. The minimum atomic E-state index is 0.628. The maximum absolute atomic E-state index is 4.12. The van der Waals surface area contributed by atoms with E-state index in [9.17, 15) is 0 Å². The fraction of sp³-hybridized carbons (Fsp3) is 0.273. The summed E-state index contributed by atoms with van der Waals surface area (Å²) in [5.41, 5.74) is 0. The van der Waals surface area contributed by atoms with Crippen LogP contribution in [0.15, 0.2) is 33.7 Å². The van der Waals surface area contributed by atoms with Crippen molar-refractivity contribution in [1.29, 1.82) is 0 Å². The first-order chi connectivity index (χ1) is 9.24. The van der Waals surface area contributed by atoms with Crippen LogP contribution in [0.3, 0.4) is 0 Å². The van der Waals surface area contributed by atoms with E-state index in [0.717, 1.165) is 28.5 Å². The van der Waals surface area contributed by atoms with Gasteiger partial charge in [0, 0.05) is 37.9 Å². The average molecular weight is 388 g/mol. The van der Waals surface area contributed by atoms with Crippen molar-refractivity contribution >= 4 is 43.8 Å². The standard InChI is InChI=1S/C11H12Br2N6/c12-8-4-16-10(17-5-8)14-2-1-3-15-11-18-6-9(13)7-19-11/h4-7H,1-3H2,(H,14,16,17)(H,15,18,19). The van der Waals surface area contributed by atoms with E-state index in [0.29, 0.717) is 11.9 Å². The third-order valence-corrected chi connectivity index (χ3v) is 2.98. The number of aromatic nitrogens is 4. The van der Waals surface area contributed by atoms with Crippen LogP contribution in [-0.2, 0) is 0 Å². The summed E-state index contributed by atoms with van der Waals surface area (Å²) >= 11 is 6.58. The maximum atomic E-state index is 4.12. The molecule has 0 aromatic carbocycles. The summed E-state index contributed by atoms with van der Waals surface area (Å²) in [7, 11) is 0. The highest BCUT2D eigenvalue weighted by molar-refractivity contribution is 9.10. The molecule has 0 unspecified atom stereocenters. The minimum absolute atomic E-state index is 0.628. The molecule has 6 nitrogen and oxygen atoms in total. The van der Waals surface area contributed by atoms with Crippen LogP contribution in [0.5, 0.6) is 0 Å². The van der Waals surface area contributed by atoms with Crippen molar-refractivity contribution in [3.63, 3.8) is 0 Å². The van der Waals surface area contributed by atoms with Crippen molar-refractivity contribution in [1.82, 2.24) is 19.9 Å². The Balaban J connectivity index is 1.64. The molecule has 0 aliphatic heterocycles. The van der Waals surface area contributed by atoms with Gasteiger partial charge in [-0.05, 0) is 38.3 Å². The van der Waals surface area contributed by atoms with Crippen molar-refractivity contribution in [3.05, 3.63) is 33.7 Å². The first-order valence-corrected chi connectivity index (χ1v) is 7.25. The summed E-state index contributed by atoms with van der Waals surface area (Å²) in [6, 6.07) is 0. The van der Waals surface area contributed by atoms with Crippen molar-refractivity contribution in [2.75, 3.05) is 23.7 Å². The van der Waals surface area contributed by atoms with E-state index in [1.807, 2.05) is 0 Å². The lowest BCUT2D eigenvalue weighted by atomic mass is 10.4. The molecule has 2 heterocycles. The summed E-state index contributed by atoms with van der Waals surface area (Å²) in [5.74, 6) is 1.26. The van der Waals surface area contributed by atoms with Gasteiger partial charge in [0.2, 0.25) is 11.9 Å². The molecule has 2 rings (SSSR count). The molecule has 2 N–H and O–H groups in total.